The van der Waals surface area contributed by atoms with E-state index in [0.29, 0.717) is 31.6 Å². The normalized spacial score (nSPS) is 11.3. The van der Waals surface area contributed by atoms with Crippen LogP contribution in [0.5, 0.6) is 0 Å². The van der Waals surface area contributed by atoms with Crippen molar-refractivity contribution >= 4 is 50.8 Å². The van der Waals surface area contributed by atoms with Gasteiger partial charge in [-0.15, -0.1) is 0 Å². The van der Waals surface area contributed by atoms with Crippen molar-refractivity contribution < 1.29 is 4.42 Å². The monoisotopic (exact) mass is 341 g/mol. The van der Waals surface area contributed by atoms with Gasteiger partial charge in [-0.2, -0.15) is 5.26 Å². The van der Waals surface area contributed by atoms with Gasteiger partial charge in [0.25, 0.3) is 0 Å². The number of furan rings is 1. The minimum Gasteiger partial charge on any atom is -0.450 e. The van der Waals surface area contributed by atoms with Gasteiger partial charge >= 0.3 is 0 Å². The number of halogens is 3. The first-order chi connectivity index (χ1) is 8.60. The van der Waals surface area contributed by atoms with Gasteiger partial charge in [0.2, 0.25) is 0 Å². The number of hydrogen-bond acceptors (Lipinski definition) is 2. The molecule has 90 valence electrons. The fourth-order valence-electron chi connectivity index (χ4n) is 1.39. The van der Waals surface area contributed by atoms with Crippen molar-refractivity contribution in [3.63, 3.8) is 0 Å². The molecule has 2 rings (SSSR count). The van der Waals surface area contributed by atoms with E-state index in [2.05, 4.69) is 22.0 Å². The Kier molecular flexibility index (Phi) is 4.13. The zero-order valence-corrected chi connectivity index (χ0v) is 12.1. The zero-order valence-electron chi connectivity index (χ0n) is 8.95. The number of hydrogen-bond donors (Lipinski definition) is 0. The molecule has 5 heteroatoms. The standard InChI is InChI=1S/C13H6BrCl2NO/c14-13-4-2-10(18-13)5-9(7-17)8-1-3-11(15)12(16)6-8/h1-6H/b9-5-. The molecule has 0 fully saturated rings. The van der Waals surface area contributed by atoms with Crippen LogP contribution in [0.4, 0.5) is 0 Å². The molecule has 1 aromatic heterocycles. The minimum atomic E-state index is 0.413. The first-order valence-corrected chi connectivity index (χ1v) is 6.47. The van der Waals surface area contributed by atoms with Crippen molar-refractivity contribution in [2.24, 2.45) is 0 Å². The average molecular weight is 343 g/mol. The third-order valence-electron chi connectivity index (χ3n) is 2.23. The summed E-state index contributed by atoms with van der Waals surface area (Å²) in [5.41, 5.74) is 1.15. The number of allylic oxidation sites excluding steroid dienone is 1. The predicted molar refractivity (Wildman–Crippen MR) is 76.4 cm³/mol. The van der Waals surface area contributed by atoms with Gasteiger partial charge < -0.3 is 4.42 Å². The molecule has 0 saturated carbocycles. The fourth-order valence-corrected chi connectivity index (χ4v) is 2.01. The third kappa shape index (κ3) is 2.97. The smallest absolute Gasteiger partial charge is 0.169 e. The van der Waals surface area contributed by atoms with Crippen molar-refractivity contribution in [3.05, 3.63) is 56.4 Å². The van der Waals surface area contributed by atoms with E-state index in [1.165, 1.54) is 0 Å². The van der Waals surface area contributed by atoms with Gasteiger partial charge in [0, 0.05) is 0 Å². The van der Waals surface area contributed by atoms with Crippen LogP contribution in [0, 0.1) is 11.3 Å². The Bertz CT molecular complexity index is 655. The lowest BCUT2D eigenvalue weighted by atomic mass is 10.1. The molecule has 18 heavy (non-hydrogen) atoms. The van der Waals surface area contributed by atoms with E-state index in [-0.39, 0.29) is 0 Å². The number of rotatable bonds is 2. The van der Waals surface area contributed by atoms with E-state index in [9.17, 15) is 0 Å². The predicted octanol–water partition coefficient (Wildman–Crippen LogP) is 5.41. The van der Waals surface area contributed by atoms with Crippen molar-refractivity contribution in [3.8, 4) is 6.07 Å². The first kappa shape index (κ1) is 13.2. The van der Waals surface area contributed by atoms with Crippen LogP contribution in [-0.4, -0.2) is 0 Å². The van der Waals surface area contributed by atoms with Crippen molar-refractivity contribution in [1.29, 1.82) is 5.26 Å². The molecular weight excluding hydrogens is 337 g/mol. The molecule has 0 amide bonds. The van der Waals surface area contributed by atoms with Gasteiger partial charge in [-0.3, -0.25) is 0 Å². The van der Waals surface area contributed by atoms with Crippen LogP contribution in [0.25, 0.3) is 11.6 Å². The summed E-state index contributed by atoms with van der Waals surface area (Å²) < 4.78 is 5.93. The van der Waals surface area contributed by atoms with Crippen LogP contribution in [0.2, 0.25) is 10.0 Å². The summed E-state index contributed by atoms with van der Waals surface area (Å²) in [6.07, 6.45) is 1.64. The molecule has 1 heterocycles. The molecular formula is C13H6BrCl2NO. The fraction of sp³-hybridized carbons (Fsp3) is 0. The van der Waals surface area contributed by atoms with E-state index in [1.54, 1.807) is 36.4 Å². The maximum absolute atomic E-state index is 9.16. The van der Waals surface area contributed by atoms with Crippen molar-refractivity contribution in [2.75, 3.05) is 0 Å². The van der Waals surface area contributed by atoms with Crippen LogP contribution in [-0.2, 0) is 0 Å². The van der Waals surface area contributed by atoms with E-state index in [4.69, 9.17) is 32.9 Å². The summed E-state index contributed by atoms with van der Waals surface area (Å²) in [5.74, 6) is 0.587. The van der Waals surface area contributed by atoms with E-state index in [0.717, 1.165) is 0 Å². The Morgan fingerprint density at radius 2 is 2.00 bits per heavy atom. The second-order valence-electron chi connectivity index (χ2n) is 3.44. The van der Waals surface area contributed by atoms with Gasteiger partial charge in [-0.1, -0.05) is 29.3 Å². The Balaban J connectivity index is 2.43. The Labute approximate surface area is 123 Å². The van der Waals surface area contributed by atoms with Crippen molar-refractivity contribution in [1.82, 2.24) is 0 Å². The molecule has 1 aromatic carbocycles. The molecule has 0 saturated heterocycles. The number of nitriles is 1. The van der Waals surface area contributed by atoms with Gasteiger partial charge in [0.1, 0.15) is 5.76 Å². The van der Waals surface area contributed by atoms with Gasteiger partial charge in [-0.05, 0) is 51.8 Å². The zero-order chi connectivity index (χ0) is 13.1. The molecule has 0 atom stereocenters. The van der Waals surface area contributed by atoms with Crippen LogP contribution >= 0.6 is 39.1 Å². The first-order valence-electron chi connectivity index (χ1n) is 4.92. The summed E-state index contributed by atoms with van der Waals surface area (Å²) in [6.45, 7) is 0. The van der Waals surface area contributed by atoms with Gasteiger partial charge in [-0.25, -0.2) is 0 Å². The lowest BCUT2D eigenvalue weighted by Crippen LogP contribution is -1.82. The second-order valence-corrected chi connectivity index (χ2v) is 5.04. The van der Waals surface area contributed by atoms with Gasteiger partial charge in [0.15, 0.2) is 4.67 Å². The minimum absolute atomic E-state index is 0.413. The lowest BCUT2D eigenvalue weighted by molar-refractivity contribution is 0.532. The molecule has 0 aliphatic rings. The Hall–Kier alpha value is -1.21. The topological polar surface area (TPSA) is 36.9 Å². The van der Waals surface area contributed by atoms with Gasteiger partial charge in [0.05, 0.1) is 21.7 Å². The highest BCUT2D eigenvalue weighted by atomic mass is 79.9. The SMILES string of the molecule is N#C/C(=C/c1ccc(Br)o1)c1ccc(Cl)c(Cl)c1. The molecule has 2 aromatic rings. The maximum Gasteiger partial charge on any atom is 0.169 e. The number of nitrogens with zero attached hydrogens (tertiary/aromatic N) is 1. The van der Waals surface area contributed by atoms with E-state index < -0.39 is 0 Å². The molecule has 0 bridgehead atoms. The molecule has 0 aliphatic carbocycles. The summed E-state index contributed by atoms with van der Waals surface area (Å²) in [5, 5.41) is 10.0. The molecule has 0 aliphatic heterocycles. The average Bonchev–Trinajstić information content (AvgIpc) is 2.75. The quantitative estimate of drug-likeness (QED) is 0.684. The van der Waals surface area contributed by atoms with Crippen LogP contribution in [0.1, 0.15) is 11.3 Å². The molecule has 0 radical (unpaired) electrons. The van der Waals surface area contributed by atoms with Crippen molar-refractivity contribution in [2.45, 2.75) is 0 Å². The highest BCUT2D eigenvalue weighted by Gasteiger charge is 2.06. The highest BCUT2D eigenvalue weighted by Crippen LogP contribution is 2.27. The number of benzene rings is 1. The van der Waals surface area contributed by atoms with Crippen LogP contribution in [0.15, 0.2) is 39.4 Å². The molecule has 0 unspecified atom stereocenters. The maximum atomic E-state index is 9.16. The molecule has 2 nitrogen and oxygen atoms in total. The van der Waals surface area contributed by atoms with E-state index in [1.807, 2.05) is 0 Å². The second kappa shape index (κ2) is 5.62. The summed E-state index contributed by atoms with van der Waals surface area (Å²) in [7, 11) is 0. The molecule has 0 N–H and O–H groups in total. The van der Waals surface area contributed by atoms with Crippen LogP contribution in [0.3, 0.4) is 0 Å². The molecule has 0 spiro atoms. The Morgan fingerprint density at radius 1 is 1.22 bits per heavy atom. The summed E-state index contributed by atoms with van der Waals surface area (Å²) >= 11 is 15.0. The lowest BCUT2D eigenvalue weighted by Gasteiger charge is -2.01. The summed E-state index contributed by atoms with van der Waals surface area (Å²) in [6, 6.07) is 10.7. The largest absolute Gasteiger partial charge is 0.450 e. The Morgan fingerprint density at radius 3 is 2.56 bits per heavy atom. The van der Waals surface area contributed by atoms with E-state index >= 15 is 0 Å². The summed E-state index contributed by atoms with van der Waals surface area (Å²) in [4.78, 5) is 0. The third-order valence-corrected chi connectivity index (χ3v) is 3.40. The van der Waals surface area contributed by atoms with Crippen LogP contribution < -0.4 is 0 Å². The highest BCUT2D eigenvalue weighted by molar-refractivity contribution is 9.10.